The highest BCUT2D eigenvalue weighted by atomic mass is 19.4. The Morgan fingerprint density at radius 2 is 1.94 bits per heavy atom. The monoisotopic (exact) mass is 239 g/mol. The van der Waals surface area contributed by atoms with Crippen molar-refractivity contribution in [2.24, 2.45) is 5.92 Å². The van der Waals surface area contributed by atoms with Crippen LogP contribution in [-0.2, 0) is 4.74 Å². The Bertz CT molecular complexity index is 196. The molecule has 16 heavy (non-hydrogen) atoms. The molecule has 1 rings (SSSR count). The highest BCUT2D eigenvalue weighted by Gasteiger charge is 2.45. The Morgan fingerprint density at radius 3 is 2.56 bits per heavy atom. The third kappa shape index (κ3) is 4.29. The molecule has 0 heterocycles. The largest absolute Gasteiger partial charge is 0.393 e. The maximum atomic E-state index is 12.7. The number of rotatable bonds is 5. The predicted octanol–water partition coefficient (Wildman–Crippen LogP) is 2.73. The smallest absolute Gasteiger partial charge is 0.380 e. The van der Waals surface area contributed by atoms with E-state index in [-0.39, 0.29) is 6.42 Å². The normalized spacial score (nSPS) is 27.0. The molecule has 0 aromatic rings. The average Bonchev–Trinajstić information content (AvgIpc) is 2.24. The van der Waals surface area contributed by atoms with Crippen LogP contribution in [0.5, 0.6) is 0 Å². The molecule has 1 aliphatic rings. The second kappa shape index (κ2) is 6.45. The van der Waals surface area contributed by atoms with Gasteiger partial charge in [-0.1, -0.05) is 12.8 Å². The fourth-order valence-corrected chi connectivity index (χ4v) is 2.23. The van der Waals surface area contributed by atoms with Gasteiger partial charge in [-0.2, -0.15) is 13.2 Å². The maximum absolute atomic E-state index is 12.7. The van der Waals surface area contributed by atoms with Gasteiger partial charge in [-0.05, 0) is 19.8 Å². The van der Waals surface area contributed by atoms with Crippen molar-refractivity contribution in [3.63, 3.8) is 0 Å². The highest BCUT2D eigenvalue weighted by Crippen LogP contribution is 2.37. The third-order valence-corrected chi connectivity index (χ3v) is 3.04. The molecule has 0 bridgehead atoms. The van der Waals surface area contributed by atoms with Gasteiger partial charge in [-0.15, -0.1) is 0 Å². The standard InChI is InChI=1S/C11H20F3NO/c1-2-16-8-7-15-10-6-4-3-5-9(10)11(12,13)14/h9-10,15H,2-8H2,1H3. The molecule has 2 unspecified atom stereocenters. The lowest BCUT2D eigenvalue weighted by molar-refractivity contribution is -0.189. The Morgan fingerprint density at radius 1 is 1.25 bits per heavy atom. The lowest BCUT2D eigenvalue weighted by atomic mass is 9.84. The summed E-state index contributed by atoms with van der Waals surface area (Å²) >= 11 is 0. The van der Waals surface area contributed by atoms with E-state index >= 15 is 0 Å². The molecule has 0 aromatic carbocycles. The maximum Gasteiger partial charge on any atom is 0.393 e. The van der Waals surface area contributed by atoms with Crippen molar-refractivity contribution < 1.29 is 17.9 Å². The predicted molar refractivity (Wildman–Crippen MR) is 56.3 cm³/mol. The zero-order valence-corrected chi connectivity index (χ0v) is 9.65. The highest BCUT2D eigenvalue weighted by molar-refractivity contribution is 4.85. The molecule has 0 amide bonds. The molecule has 0 saturated heterocycles. The summed E-state index contributed by atoms with van der Waals surface area (Å²) in [6, 6.07) is -0.422. The summed E-state index contributed by atoms with van der Waals surface area (Å²) in [6.07, 6.45) is -1.61. The van der Waals surface area contributed by atoms with Gasteiger partial charge in [-0.3, -0.25) is 0 Å². The van der Waals surface area contributed by atoms with Gasteiger partial charge in [0.15, 0.2) is 0 Å². The summed E-state index contributed by atoms with van der Waals surface area (Å²) in [6.45, 7) is 3.47. The molecule has 2 nitrogen and oxygen atoms in total. The first-order chi connectivity index (χ1) is 7.55. The summed E-state index contributed by atoms with van der Waals surface area (Å²) in [4.78, 5) is 0. The fourth-order valence-electron chi connectivity index (χ4n) is 2.23. The first-order valence-electron chi connectivity index (χ1n) is 5.93. The minimum absolute atomic E-state index is 0.260. The van der Waals surface area contributed by atoms with Crippen molar-refractivity contribution in [2.45, 2.75) is 44.8 Å². The molecule has 96 valence electrons. The van der Waals surface area contributed by atoms with Gasteiger partial charge in [0.05, 0.1) is 12.5 Å². The number of alkyl halides is 3. The summed E-state index contributed by atoms with van der Waals surface area (Å²) in [5.74, 6) is -1.18. The summed E-state index contributed by atoms with van der Waals surface area (Å²) in [7, 11) is 0. The molecule has 2 atom stereocenters. The fraction of sp³-hybridized carbons (Fsp3) is 1.00. The first kappa shape index (κ1) is 13.8. The number of ether oxygens (including phenoxy) is 1. The molecule has 0 radical (unpaired) electrons. The summed E-state index contributed by atoms with van der Waals surface area (Å²) < 4.78 is 43.2. The molecule has 5 heteroatoms. The molecule has 1 N–H and O–H groups in total. The van der Waals surface area contributed by atoms with Crippen LogP contribution in [0.25, 0.3) is 0 Å². The van der Waals surface area contributed by atoms with Crippen molar-refractivity contribution in [3.8, 4) is 0 Å². The van der Waals surface area contributed by atoms with E-state index in [1.54, 1.807) is 0 Å². The van der Waals surface area contributed by atoms with Crippen LogP contribution in [0.4, 0.5) is 13.2 Å². The minimum atomic E-state index is -4.07. The minimum Gasteiger partial charge on any atom is -0.380 e. The van der Waals surface area contributed by atoms with Gasteiger partial charge >= 0.3 is 6.18 Å². The molecule has 0 aromatic heterocycles. The quantitative estimate of drug-likeness (QED) is 0.745. The Labute approximate surface area is 94.5 Å². The Kier molecular flexibility index (Phi) is 5.55. The van der Waals surface area contributed by atoms with Gasteiger partial charge in [0, 0.05) is 19.2 Å². The third-order valence-electron chi connectivity index (χ3n) is 3.04. The molecule has 1 fully saturated rings. The van der Waals surface area contributed by atoms with Gasteiger partial charge in [0.2, 0.25) is 0 Å². The van der Waals surface area contributed by atoms with Crippen LogP contribution in [0.3, 0.4) is 0 Å². The van der Waals surface area contributed by atoms with E-state index < -0.39 is 18.1 Å². The second-order valence-corrected chi connectivity index (χ2v) is 4.19. The van der Waals surface area contributed by atoms with Crippen LogP contribution < -0.4 is 5.32 Å². The van der Waals surface area contributed by atoms with Crippen molar-refractivity contribution in [1.29, 1.82) is 0 Å². The Balaban J connectivity index is 2.35. The SMILES string of the molecule is CCOCCNC1CCCCC1C(F)(F)F. The number of nitrogens with one attached hydrogen (secondary N) is 1. The molecular formula is C11H20F3NO. The van der Waals surface area contributed by atoms with Crippen molar-refractivity contribution in [2.75, 3.05) is 19.8 Å². The average molecular weight is 239 g/mol. The number of halogens is 3. The number of hydrogen-bond donors (Lipinski definition) is 1. The molecule has 0 aliphatic heterocycles. The second-order valence-electron chi connectivity index (χ2n) is 4.19. The van der Waals surface area contributed by atoms with E-state index in [0.717, 1.165) is 6.42 Å². The van der Waals surface area contributed by atoms with E-state index in [9.17, 15) is 13.2 Å². The van der Waals surface area contributed by atoms with Gasteiger partial charge < -0.3 is 10.1 Å². The van der Waals surface area contributed by atoms with Crippen molar-refractivity contribution in [3.05, 3.63) is 0 Å². The first-order valence-corrected chi connectivity index (χ1v) is 5.93. The van der Waals surface area contributed by atoms with E-state index in [1.165, 1.54) is 0 Å². The zero-order chi connectivity index (χ0) is 12.0. The summed E-state index contributed by atoms with van der Waals surface area (Å²) in [5, 5.41) is 2.97. The number of hydrogen-bond acceptors (Lipinski definition) is 2. The zero-order valence-electron chi connectivity index (χ0n) is 9.65. The van der Waals surface area contributed by atoms with E-state index in [0.29, 0.717) is 32.6 Å². The van der Waals surface area contributed by atoms with E-state index in [4.69, 9.17) is 4.74 Å². The van der Waals surface area contributed by atoms with Gasteiger partial charge in [0.25, 0.3) is 0 Å². The summed E-state index contributed by atoms with van der Waals surface area (Å²) in [5.41, 5.74) is 0. The van der Waals surface area contributed by atoms with Crippen LogP contribution >= 0.6 is 0 Å². The van der Waals surface area contributed by atoms with E-state index in [1.807, 2.05) is 6.92 Å². The van der Waals surface area contributed by atoms with Crippen LogP contribution in [0.15, 0.2) is 0 Å². The van der Waals surface area contributed by atoms with Gasteiger partial charge in [-0.25, -0.2) is 0 Å². The van der Waals surface area contributed by atoms with Crippen LogP contribution in [-0.4, -0.2) is 32.0 Å². The van der Waals surface area contributed by atoms with Crippen molar-refractivity contribution >= 4 is 0 Å². The molecule has 1 aliphatic carbocycles. The topological polar surface area (TPSA) is 21.3 Å². The molecular weight excluding hydrogens is 219 g/mol. The van der Waals surface area contributed by atoms with Crippen LogP contribution in [0, 0.1) is 5.92 Å². The van der Waals surface area contributed by atoms with Crippen molar-refractivity contribution in [1.82, 2.24) is 5.32 Å². The van der Waals surface area contributed by atoms with E-state index in [2.05, 4.69) is 5.32 Å². The lowest BCUT2D eigenvalue weighted by Crippen LogP contribution is -2.46. The van der Waals surface area contributed by atoms with Crippen LogP contribution in [0.1, 0.15) is 32.6 Å². The molecule has 1 saturated carbocycles. The van der Waals surface area contributed by atoms with Crippen LogP contribution in [0.2, 0.25) is 0 Å². The Hall–Kier alpha value is -0.290. The van der Waals surface area contributed by atoms with Gasteiger partial charge in [0.1, 0.15) is 0 Å². The molecule has 0 spiro atoms. The lowest BCUT2D eigenvalue weighted by Gasteiger charge is -2.33.